The SMILES string of the molecule is O=C(N[C@H](CO)Cc1ccccc1)N[C@H]1COc2ccccc21. The van der Waals surface area contributed by atoms with Crippen LogP contribution in [0.25, 0.3) is 0 Å². The van der Waals surface area contributed by atoms with Crippen LogP contribution in [-0.2, 0) is 6.42 Å². The molecule has 0 radical (unpaired) electrons. The van der Waals surface area contributed by atoms with E-state index in [1.54, 1.807) is 0 Å². The van der Waals surface area contributed by atoms with Crippen molar-refractivity contribution in [3.05, 3.63) is 65.7 Å². The number of rotatable bonds is 5. The van der Waals surface area contributed by atoms with E-state index in [2.05, 4.69) is 10.6 Å². The Bertz CT molecular complexity index is 660. The molecule has 0 aromatic heterocycles. The molecule has 2 aromatic carbocycles. The molecule has 0 saturated heterocycles. The smallest absolute Gasteiger partial charge is 0.315 e. The van der Waals surface area contributed by atoms with Gasteiger partial charge in [0.15, 0.2) is 0 Å². The quantitative estimate of drug-likeness (QED) is 0.791. The summed E-state index contributed by atoms with van der Waals surface area (Å²) in [4.78, 5) is 12.2. The average Bonchev–Trinajstić information content (AvgIpc) is 2.98. The van der Waals surface area contributed by atoms with Crippen LogP contribution in [0, 0.1) is 0 Å². The number of fused-ring (bicyclic) bond motifs is 1. The minimum Gasteiger partial charge on any atom is -0.491 e. The van der Waals surface area contributed by atoms with Gasteiger partial charge in [-0.15, -0.1) is 0 Å². The molecule has 120 valence electrons. The highest BCUT2D eigenvalue weighted by Gasteiger charge is 2.25. The van der Waals surface area contributed by atoms with E-state index in [-0.39, 0.29) is 24.7 Å². The second-order valence-corrected chi connectivity index (χ2v) is 5.59. The molecule has 1 aliphatic heterocycles. The molecule has 0 bridgehead atoms. The highest BCUT2D eigenvalue weighted by atomic mass is 16.5. The number of amides is 2. The van der Waals surface area contributed by atoms with E-state index in [4.69, 9.17) is 4.74 Å². The van der Waals surface area contributed by atoms with E-state index in [9.17, 15) is 9.90 Å². The maximum atomic E-state index is 12.2. The number of aliphatic hydroxyl groups excluding tert-OH is 1. The summed E-state index contributed by atoms with van der Waals surface area (Å²) in [6.07, 6.45) is 0.586. The Balaban J connectivity index is 1.56. The summed E-state index contributed by atoms with van der Waals surface area (Å²) in [7, 11) is 0. The van der Waals surface area contributed by atoms with Gasteiger partial charge < -0.3 is 20.5 Å². The maximum Gasteiger partial charge on any atom is 0.315 e. The topological polar surface area (TPSA) is 70.6 Å². The Hall–Kier alpha value is -2.53. The van der Waals surface area contributed by atoms with Gasteiger partial charge in [0.2, 0.25) is 0 Å². The van der Waals surface area contributed by atoms with Crippen molar-refractivity contribution in [1.29, 1.82) is 0 Å². The van der Waals surface area contributed by atoms with Crippen molar-refractivity contribution in [3.63, 3.8) is 0 Å². The third-order valence-electron chi connectivity index (χ3n) is 3.89. The molecule has 1 aliphatic rings. The molecule has 0 fully saturated rings. The van der Waals surface area contributed by atoms with Crippen LogP contribution < -0.4 is 15.4 Å². The number of aliphatic hydroxyl groups is 1. The van der Waals surface area contributed by atoms with Gasteiger partial charge in [0.25, 0.3) is 0 Å². The Morgan fingerprint density at radius 3 is 2.70 bits per heavy atom. The fourth-order valence-corrected chi connectivity index (χ4v) is 2.73. The Morgan fingerprint density at radius 2 is 1.91 bits per heavy atom. The molecule has 5 nitrogen and oxygen atoms in total. The summed E-state index contributed by atoms with van der Waals surface area (Å²) in [5.74, 6) is 0.806. The van der Waals surface area contributed by atoms with Gasteiger partial charge in [-0.1, -0.05) is 48.5 Å². The molecular weight excluding hydrogens is 292 g/mol. The molecule has 2 atom stereocenters. The van der Waals surface area contributed by atoms with Crippen LogP contribution in [0.2, 0.25) is 0 Å². The summed E-state index contributed by atoms with van der Waals surface area (Å²) in [5.41, 5.74) is 2.05. The summed E-state index contributed by atoms with van der Waals surface area (Å²) in [6.45, 7) is 0.315. The number of hydrogen-bond donors (Lipinski definition) is 3. The van der Waals surface area contributed by atoms with Crippen molar-refractivity contribution in [2.45, 2.75) is 18.5 Å². The third-order valence-corrected chi connectivity index (χ3v) is 3.89. The Labute approximate surface area is 135 Å². The monoisotopic (exact) mass is 312 g/mol. The number of carbonyl (C=O) groups is 1. The number of ether oxygens (including phenoxy) is 1. The van der Waals surface area contributed by atoms with E-state index in [1.165, 1.54) is 0 Å². The van der Waals surface area contributed by atoms with Crippen LogP contribution in [0.1, 0.15) is 17.2 Å². The molecule has 2 amide bonds. The van der Waals surface area contributed by atoms with Gasteiger partial charge in [0, 0.05) is 5.56 Å². The van der Waals surface area contributed by atoms with Gasteiger partial charge in [-0.2, -0.15) is 0 Å². The Morgan fingerprint density at radius 1 is 1.17 bits per heavy atom. The number of nitrogens with one attached hydrogen (secondary N) is 2. The van der Waals surface area contributed by atoms with E-state index in [0.29, 0.717) is 13.0 Å². The van der Waals surface area contributed by atoms with Crippen LogP contribution in [0.15, 0.2) is 54.6 Å². The first kappa shape index (κ1) is 15.4. The lowest BCUT2D eigenvalue weighted by molar-refractivity contribution is 0.210. The van der Waals surface area contributed by atoms with Gasteiger partial charge in [0.05, 0.1) is 18.7 Å². The van der Waals surface area contributed by atoms with Crippen LogP contribution in [0.5, 0.6) is 5.75 Å². The predicted molar refractivity (Wildman–Crippen MR) is 87.4 cm³/mol. The third kappa shape index (κ3) is 3.81. The minimum atomic E-state index is -0.324. The summed E-state index contributed by atoms with van der Waals surface area (Å²) >= 11 is 0. The zero-order valence-electron chi connectivity index (χ0n) is 12.7. The lowest BCUT2D eigenvalue weighted by atomic mass is 10.1. The summed E-state index contributed by atoms with van der Waals surface area (Å²) < 4.78 is 5.55. The highest BCUT2D eigenvalue weighted by molar-refractivity contribution is 5.75. The van der Waals surface area contributed by atoms with Gasteiger partial charge >= 0.3 is 6.03 Å². The first-order chi connectivity index (χ1) is 11.3. The van der Waals surface area contributed by atoms with Crippen molar-refractivity contribution >= 4 is 6.03 Å². The lowest BCUT2D eigenvalue weighted by Crippen LogP contribution is -2.46. The van der Waals surface area contributed by atoms with E-state index >= 15 is 0 Å². The van der Waals surface area contributed by atoms with Crippen LogP contribution in [0.3, 0.4) is 0 Å². The van der Waals surface area contributed by atoms with Gasteiger partial charge in [-0.05, 0) is 18.1 Å². The molecule has 3 rings (SSSR count). The molecule has 5 heteroatoms. The Kier molecular flexibility index (Phi) is 4.78. The normalized spacial score (nSPS) is 17.0. The fraction of sp³-hybridized carbons (Fsp3) is 0.278. The van der Waals surface area contributed by atoms with Crippen molar-refractivity contribution in [1.82, 2.24) is 10.6 Å². The number of para-hydroxylation sites is 1. The van der Waals surface area contributed by atoms with E-state index in [0.717, 1.165) is 16.9 Å². The standard InChI is InChI=1S/C18H20N2O3/c21-11-14(10-13-6-2-1-3-7-13)19-18(22)20-16-12-23-17-9-5-4-8-15(16)17/h1-9,14,16,21H,10-12H2,(H2,19,20,22)/t14-,16-/m0/s1. The number of urea groups is 1. The van der Waals surface area contributed by atoms with Crippen molar-refractivity contribution in [3.8, 4) is 5.75 Å². The van der Waals surface area contributed by atoms with Gasteiger partial charge in [-0.3, -0.25) is 0 Å². The van der Waals surface area contributed by atoms with E-state index in [1.807, 2.05) is 54.6 Å². The molecule has 0 saturated carbocycles. The molecule has 3 N–H and O–H groups in total. The molecule has 0 unspecified atom stereocenters. The second kappa shape index (κ2) is 7.15. The molecule has 23 heavy (non-hydrogen) atoms. The first-order valence-corrected chi connectivity index (χ1v) is 7.70. The summed E-state index contributed by atoms with van der Waals surface area (Å²) in [6, 6.07) is 16.6. The number of carbonyl (C=O) groups excluding carboxylic acids is 1. The highest BCUT2D eigenvalue weighted by Crippen LogP contribution is 2.31. The van der Waals surface area contributed by atoms with Gasteiger partial charge in [0.1, 0.15) is 12.4 Å². The minimum absolute atomic E-state index is 0.111. The van der Waals surface area contributed by atoms with Crippen molar-refractivity contribution < 1.29 is 14.6 Å². The predicted octanol–water partition coefficient (Wildman–Crippen LogP) is 2.02. The molecule has 0 spiro atoms. The zero-order chi connectivity index (χ0) is 16.1. The lowest BCUT2D eigenvalue weighted by Gasteiger charge is -2.19. The second-order valence-electron chi connectivity index (χ2n) is 5.59. The van der Waals surface area contributed by atoms with Crippen molar-refractivity contribution in [2.75, 3.05) is 13.2 Å². The largest absolute Gasteiger partial charge is 0.491 e. The summed E-state index contributed by atoms with van der Waals surface area (Å²) in [5, 5.41) is 15.2. The number of hydrogen-bond acceptors (Lipinski definition) is 3. The molecule has 2 aromatic rings. The molecule has 0 aliphatic carbocycles. The van der Waals surface area contributed by atoms with Gasteiger partial charge in [-0.25, -0.2) is 4.79 Å². The number of benzene rings is 2. The first-order valence-electron chi connectivity index (χ1n) is 7.70. The average molecular weight is 312 g/mol. The molecule has 1 heterocycles. The van der Waals surface area contributed by atoms with Crippen molar-refractivity contribution in [2.24, 2.45) is 0 Å². The van der Waals surface area contributed by atoms with E-state index < -0.39 is 0 Å². The van der Waals surface area contributed by atoms with Crippen LogP contribution in [-0.4, -0.2) is 30.4 Å². The maximum absolute atomic E-state index is 12.2. The van der Waals surface area contributed by atoms with Crippen LogP contribution in [0.4, 0.5) is 4.79 Å². The molecular formula is C18H20N2O3. The fourth-order valence-electron chi connectivity index (χ4n) is 2.73. The zero-order valence-corrected chi connectivity index (χ0v) is 12.7. The van der Waals surface area contributed by atoms with Crippen LogP contribution >= 0.6 is 0 Å².